The summed E-state index contributed by atoms with van der Waals surface area (Å²) in [4.78, 5) is 11.6. The molecule has 0 heterocycles. The van der Waals surface area contributed by atoms with Crippen LogP contribution in [-0.4, -0.2) is 5.78 Å². The highest BCUT2D eigenvalue weighted by atomic mass is 16.1. The van der Waals surface area contributed by atoms with Crippen molar-refractivity contribution in [3.05, 3.63) is 34.4 Å². The zero-order valence-corrected chi connectivity index (χ0v) is 7.92. The van der Waals surface area contributed by atoms with Crippen molar-refractivity contribution in [2.75, 3.05) is 0 Å². The van der Waals surface area contributed by atoms with E-state index in [4.69, 9.17) is 5.73 Å². The number of hydrogen-bond acceptors (Lipinski definition) is 2. The topological polar surface area (TPSA) is 43.1 Å². The van der Waals surface area contributed by atoms with Crippen molar-refractivity contribution < 1.29 is 4.79 Å². The molecule has 0 saturated carbocycles. The van der Waals surface area contributed by atoms with Gasteiger partial charge in [0.2, 0.25) is 0 Å². The average molecular weight is 175 g/mol. The van der Waals surface area contributed by atoms with Crippen LogP contribution in [0.25, 0.3) is 0 Å². The summed E-state index contributed by atoms with van der Waals surface area (Å²) in [5.74, 6) is 0.198. The van der Waals surface area contributed by atoms with Crippen LogP contribution in [0.5, 0.6) is 0 Å². The minimum Gasteiger partial charge on any atom is -0.324 e. The Kier molecular flexibility index (Phi) is 1.74. The molecule has 1 aromatic rings. The molecule has 0 aromatic heterocycles. The zero-order valence-electron chi connectivity index (χ0n) is 7.92. The summed E-state index contributed by atoms with van der Waals surface area (Å²) in [6, 6.07) is 3.94. The molecule has 0 amide bonds. The van der Waals surface area contributed by atoms with Gasteiger partial charge >= 0.3 is 0 Å². The largest absolute Gasteiger partial charge is 0.324 e. The fourth-order valence-corrected chi connectivity index (χ4v) is 2.08. The van der Waals surface area contributed by atoms with Gasteiger partial charge in [-0.15, -0.1) is 0 Å². The molecule has 68 valence electrons. The number of nitrogens with two attached hydrogens (primary N) is 1. The van der Waals surface area contributed by atoms with Gasteiger partial charge in [-0.3, -0.25) is 4.79 Å². The molecule has 0 saturated heterocycles. The second-order valence-corrected chi connectivity index (χ2v) is 3.72. The first-order chi connectivity index (χ1) is 6.11. The normalized spacial score (nSPS) is 20.5. The van der Waals surface area contributed by atoms with E-state index in [1.165, 1.54) is 0 Å². The second-order valence-electron chi connectivity index (χ2n) is 3.72. The molecule has 0 radical (unpaired) electrons. The molecule has 2 N–H and O–H groups in total. The zero-order chi connectivity index (χ0) is 9.59. The fourth-order valence-electron chi connectivity index (χ4n) is 2.08. The minimum absolute atomic E-state index is 0.0811. The third-order valence-electron chi connectivity index (χ3n) is 2.73. The summed E-state index contributed by atoms with van der Waals surface area (Å²) in [5, 5.41) is 0. The van der Waals surface area contributed by atoms with Crippen molar-refractivity contribution in [2.24, 2.45) is 5.73 Å². The van der Waals surface area contributed by atoms with Gasteiger partial charge in [-0.2, -0.15) is 0 Å². The number of Topliss-reactive ketones (excluding diaryl/α,β-unsaturated/α-hetero) is 1. The molecule has 0 bridgehead atoms. The third kappa shape index (κ3) is 1.10. The number of aryl methyl sites for hydroxylation is 2. The number of ketones is 1. The lowest BCUT2D eigenvalue weighted by atomic mass is 9.98. The first-order valence-corrected chi connectivity index (χ1v) is 4.50. The van der Waals surface area contributed by atoms with Crippen LogP contribution in [-0.2, 0) is 0 Å². The number of carbonyl (C=O) groups excluding carboxylic acids is 1. The number of carbonyl (C=O) groups is 1. The Hall–Kier alpha value is -1.15. The Morgan fingerprint density at radius 1 is 1.31 bits per heavy atom. The van der Waals surface area contributed by atoms with E-state index in [0.29, 0.717) is 6.42 Å². The molecular formula is C11H13NO. The molecule has 2 rings (SSSR count). The van der Waals surface area contributed by atoms with Crippen LogP contribution in [0.3, 0.4) is 0 Å². The molecule has 1 atom stereocenters. The van der Waals surface area contributed by atoms with E-state index in [9.17, 15) is 4.79 Å². The smallest absolute Gasteiger partial charge is 0.165 e. The highest BCUT2D eigenvalue weighted by Crippen LogP contribution is 2.33. The van der Waals surface area contributed by atoms with Crippen LogP contribution in [0.4, 0.5) is 0 Å². The maximum Gasteiger partial charge on any atom is 0.165 e. The third-order valence-corrected chi connectivity index (χ3v) is 2.73. The molecule has 1 aliphatic rings. The first-order valence-electron chi connectivity index (χ1n) is 4.50. The molecule has 0 fully saturated rings. The fraction of sp³-hybridized carbons (Fsp3) is 0.364. The predicted octanol–water partition coefficient (Wildman–Crippen LogP) is 1.89. The first kappa shape index (κ1) is 8.45. The lowest BCUT2D eigenvalue weighted by Gasteiger charge is -2.08. The second kappa shape index (κ2) is 2.67. The Balaban J connectivity index is 2.74. The van der Waals surface area contributed by atoms with Gasteiger partial charge in [-0.25, -0.2) is 0 Å². The summed E-state index contributed by atoms with van der Waals surface area (Å²) in [6.07, 6.45) is 0.473. The van der Waals surface area contributed by atoms with Gasteiger partial charge in [-0.05, 0) is 30.5 Å². The van der Waals surface area contributed by atoms with Crippen molar-refractivity contribution in [1.82, 2.24) is 0 Å². The van der Waals surface area contributed by atoms with Crippen molar-refractivity contribution in [3.63, 3.8) is 0 Å². The molecular weight excluding hydrogens is 162 g/mol. The predicted molar refractivity (Wildman–Crippen MR) is 51.8 cm³/mol. The number of benzene rings is 1. The number of hydrogen-bond donors (Lipinski definition) is 1. The monoisotopic (exact) mass is 175 g/mol. The number of rotatable bonds is 0. The molecule has 0 spiro atoms. The van der Waals surface area contributed by atoms with Crippen LogP contribution >= 0.6 is 0 Å². The molecule has 2 nitrogen and oxygen atoms in total. The molecule has 0 aliphatic heterocycles. The maximum absolute atomic E-state index is 11.6. The Bertz CT molecular complexity index is 382. The van der Waals surface area contributed by atoms with Crippen molar-refractivity contribution >= 4 is 5.78 Å². The van der Waals surface area contributed by atoms with Gasteiger partial charge in [0, 0.05) is 18.0 Å². The van der Waals surface area contributed by atoms with Crippen LogP contribution < -0.4 is 5.73 Å². The van der Waals surface area contributed by atoms with Gasteiger partial charge in [0.05, 0.1) is 0 Å². The van der Waals surface area contributed by atoms with E-state index < -0.39 is 0 Å². The van der Waals surface area contributed by atoms with Crippen LogP contribution in [0, 0.1) is 13.8 Å². The molecule has 1 unspecified atom stereocenters. The number of fused-ring (bicyclic) bond motifs is 1. The van der Waals surface area contributed by atoms with Crippen LogP contribution in [0.15, 0.2) is 12.1 Å². The summed E-state index contributed by atoms with van der Waals surface area (Å²) < 4.78 is 0. The Morgan fingerprint density at radius 3 is 2.54 bits per heavy atom. The van der Waals surface area contributed by atoms with Crippen LogP contribution in [0.2, 0.25) is 0 Å². The summed E-state index contributed by atoms with van der Waals surface area (Å²) in [5.41, 5.74) is 10.0. The lowest BCUT2D eigenvalue weighted by molar-refractivity contribution is 0.0989. The van der Waals surface area contributed by atoms with E-state index in [1.807, 2.05) is 26.0 Å². The van der Waals surface area contributed by atoms with Gasteiger partial charge in [0.1, 0.15) is 0 Å². The lowest BCUT2D eigenvalue weighted by Crippen LogP contribution is -2.07. The van der Waals surface area contributed by atoms with E-state index in [-0.39, 0.29) is 11.8 Å². The molecule has 1 aromatic carbocycles. The van der Waals surface area contributed by atoms with E-state index in [0.717, 1.165) is 22.3 Å². The average Bonchev–Trinajstić information content (AvgIpc) is 2.36. The highest BCUT2D eigenvalue weighted by molar-refractivity contribution is 6.02. The van der Waals surface area contributed by atoms with Gasteiger partial charge < -0.3 is 5.73 Å². The van der Waals surface area contributed by atoms with Crippen molar-refractivity contribution in [1.29, 1.82) is 0 Å². The van der Waals surface area contributed by atoms with E-state index >= 15 is 0 Å². The maximum atomic E-state index is 11.6. The van der Waals surface area contributed by atoms with Crippen molar-refractivity contribution in [3.8, 4) is 0 Å². The minimum atomic E-state index is -0.0811. The molecule has 13 heavy (non-hydrogen) atoms. The highest BCUT2D eigenvalue weighted by Gasteiger charge is 2.29. The summed E-state index contributed by atoms with van der Waals surface area (Å²) in [6.45, 7) is 3.98. The van der Waals surface area contributed by atoms with Gasteiger partial charge in [0.15, 0.2) is 5.78 Å². The van der Waals surface area contributed by atoms with Gasteiger partial charge in [0.25, 0.3) is 0 Å². The molecule has 1 aliphatic carbocycles. The Morgan fingerprint density at radius 2 is 1.92 bits per heavy atom. The van der Waals surface area contributed by atoms with Crippen molar-refractivity contribution in [2.45, 2.75) is 26.3 Å². The van der Waals surface area contributed by atoms with Gasteiger partial charge in [-0.1, -0.05) is 12.1 Å². The summed E-state index contributed by atoms with van der Waals surface area (Å²) in [7, 11) is 0. The quantitative estimate of drug-likeness (QED) is 0.654. The SMILES string of the molecule is Cc1ccc(C)c2c1C(=O)CC2N. The summed E-state index contributed by atoms with van der Waals surface area (Å²) >= 11 is 0. The molecule has 2 heteroatoms. The van der Waals surface area contributed by atoms with E-state index in [1.54, 1.807) is 0 Å². The van der Waals surface area contributed by atoms with Crippen LogP contribution in [0.1, 0.15) is 39.5 Å². The van der Waals surface area contributed by atoms with E-state index in [2.05, 4.69) is 0 Å². The Labute approximate surface area is 77.8 Å². The standard InChI is InChI=1S/C11H13NO/c1-6-3-4-7(2)11-9(13)5-8(12)10(6)11/h3-4,8H,5,12H2,1-2H3.